The fourth-order valence-corrected chi connectivity index (χ4v) is 3.95. The SMILES string of the molecule is CNC1CCCN(CC(=O)N(C2CCCC2)C2CC2)C1. The van der Waals surface area contributed by atoms with Crippen LogP contribution in [0.15, 0.2) is 0 Å². The second-order valence-corrected chi connectivity index (χ2v) is 6.83. The first kappa shape index (κ1) is 14.3. The average Bonchev–Trinajstić information content (AvgIpc) is 3.13. The van der Waals surface area contributed by atoms with Gasteiger partial charge in [-0.05, 0) is 52.1 Å². The second-order valence-electron chi connectivity index (χ2n) is 6.83. The van der Waals surface area contributed by atoms with Gasteiger partial charge >= 0.3 is 0 Å². The Hall–Kier alpha value is -0.610. The topological polar surface area (TPSA) is 35.6 Å². The molecule has 4 nitrogen and oxygen atoms in total. The largest absolute Gasteiger partial charge is 0.336 e. The molecule has 114 valence electrons. The molecule has 1 saturated heterocycles. The van der Waals surface area contributed by atoms with Crippen LogP contribution in [-0.4, -0.2) is 60.5 Å². The maximum atomic E-state index is 12.7. The van der Waals surface area contributed by atoms with E-state index in [0.717, 1.165) is 13.1 Å². The minimum Gasteiger partial charge on any atom is -0.336 e. The molecule has 0 spiro atoms. The van der Waals surface area contributed by atoms with Gasteiger partial charge in [0, 0.05) is 24.7 Å². The Balaban J connectivity index is 1.56. The lowest BCUT2D eigenvalue weighted by Crippen LogP contribution is -2.50. The van der Waals surface area contributed by atoms with Gasteiger partial charge in [-0.2, -0.15) is 0 Å². The molecule has 0 radical (unpaired) electrons. The molecule has 0 aromatic carbocycles. The minimum atomic E-state index is 0.399. The molecule has 3 fully saturated rings. The highest BCUT2D eigenvalue weighted by atomic mass is 16.2. The lowest BCUT2D eigenvalue weighted by Gasteiger charge is -2.35. The van der Waals surface area contributed by atoms with E-state index in [1.165, 1.54) is 51.4 Å². The van der Waals surface area contributed by atoms with Crippen LogP contribution in [0.2, 0.25) is 0 Å². The van der Waals surface area contributed by atoms with Crippen molar-refractivity contribution in [1.29, 1.82) is 0 Å². The van der Waals surface area contributed by atoms with E-state index in [-0.39, 0.29) is 0 Å². The number of likely N-dealkylation sites (tertiary alicyclic amines) is 1. The molecule has 0 aromatic rings. The van der Waals surface area contributed by atoms with E-state index in [2.05, 4.69) is 15.1 Å². The van der Waals surface area contributed by atoms with E-state index in [1.807, 2.05) is 7.05 Å². The molecule has 2 aliphatic carbocycles. The highest BCUT2D eigenvalue weighted by Gasteiger charge is 2.38. The fraction of sp³-hybridized carbons (Fsp3) is 0.938. The van der Waals surface area contributed by atoms with Crippen molar-refractivity contribution in [3.63, 3.8) is 0 Å². The first-order valence-corrected chi connectivity index (χ1v) is 8.48. The molecule has 3 rings (SSSR count). The summed E-state index contributed by atoms with van der Waals surface area (Å²) >= 11 is 0. The molecule has 3 aliphatic rings. The van der Waals surface area contributed by atoms with Gasteiger partial charge in [0.15, 0.2) is 0 Å². The van der Waals surface area contributed by atoms with Crippen molar-refractivity contribution in [2.24, 2.45) is 0 Å². The van der Waals surface area contributed by atoms with Gasteiger partial charge in [0.2, 0.25) is 5.91 Å². The summed E-state index contributed by atoms with van der Waals surface area (Å²) in [5.74, 6) is 0.399. The van der Waals surface area contributed by atoms with Crippen molar-refractivity contribution in [1.82, 2.24) is 15.1 Å². The molecule has 1 unspecified atom stereocenters. The Morgan fingerprint density at radius 1 is 1.10 bits per heavy atom. The van der Waals surface area contributed by atoms with Crippen molar-refractivity contribution in [2.75, 3.05) is 26.7 Å². The second kappa shape index (κ2) is 6.44. The summed E-state index contributed by atoms with van der Waals surface area (Å²) in [6.45, 7) is 2.77. The number of carbonyl (C=O) groups excluding carboxylic acids is 1. The minimum absolute atomic E-state index is 0.399. The summed E-state index contributed by atoms with van der Waals surface area (Å²) < 4.78 is 0. The Kier molecular flexibility index (Phi) is 4.61. The molecule has 1 N–H and O–H groups in total. The van der Waals surface area contributed by atoms with Crippen LogP contribution in [0.25, 0.3) is 0 Å². The maximum absolute atomic E-state index is 12.7. The van der Waals surface area contributed by atoms with Crippen molar-refractivity contribution >= 4 is 5.91 Å². The lowest BCUT2D eigenvalue weighted by molar-refractivity contribution is -0.135. The summed E-state index contributed by atoms with van der Waals surface area (Å²) in [5, 5.41) is 3.36. The predicted octanol–water partition coefficient (Wildman–Crippen LogP) is 1.60. The Morgan fingerprint density at radius 3 is 2.45 bits per heavy atom. The fourth-order valence-electron chi connectivity index (χ4n) is 3.95. The van der Waals surface area contributed by atoms with Crippen LogP contribution in [0.3, 0.4) is 0 Å². The molecule has 1 amide bonds. The van der Waals surface area contributed by atoms with E-state index < -0.39 is 0 Å². The first-order valence-electron chi connectivity index (χ1n) is 8.48. The average molecular weight is 279 g/mol. The van der Waals surface area contributed by atoms with Gasteiger partial charge in [0.25, 0.3) is 0 Å². The first-order chi connectivity index (χ1) is 9.78. The van der Waals surface area contributed by atoms with Gasteiger partial charge in [-0.15, -0.1) is 0 Å². The summed E-state index contributed by atoms with van der Waals surface area (Å²) in [4.78, 5) is 17.4. The zero-order chi connectivity index (χ0) is 13.9. The van der Waals surface area contributed by atoms with E-state index in [1.54, 1.807) is 0 Å². The number of likely N-dealkylation sites (N-methyl/N-ethyl adjacent to an activating group) is 1. The van der Waals surface area contributed by atoms with Crippen molar-refractivity contribution in [2.45, 2.75) is 69.5 Å². The van der Waals surface area contributed by atoms with Crippen LogP contribution >= 0.6 is 0 Å². The van der Waals surface area contributed by atoms with Crippen LogP contribution in [0.4, 0.5) is 0 Å². The molecule has 20 heavy (non-hydrogen) atoms. The van der Waals surface area contributed by atoms with E-state index in [4.69, 9.17) is 0 Å². The third-order valence-corrected chi connectivity index (χ3v) is 5.22. The van der Waals surface area contributed by atoms with Gasteiger partial charge < -0.3 is 10.2 Å². The van der Waals surface area contributed by atoms with Crippen molar-refractivity contribution < 1.29 is 4.79 Å². The number of hydrogen-bond acceptors (Lipinski definition) is 3. The lowest BCUT2D eigenvalue weighted by atomic mass is 10.1. The van der Waals surface area contributed by atoms with Gasteiger partial charge in [-0.25, -0.2) is 0 Å². The molecule has 2 saturated carbocycles. The molecule has 0 bridgehead atoms. The highest BCUT2D eigenvalue weighted by Crippen LogP contribution is 2.34. The molecule has 1 atom stereocenters. The maximum Gasteiger partial charge on any atom is 0.237 e. The summed E-state index contributed by atoms with van der Waals surface area (Å²) in [5.41, 5.74) is 0. The molecule has 1 heterocycles. The molecular formula is C16H29N3O. The summed E-state index contributed by atoms with van der Waals surface area (Å²) in [6, 6.07) is 1.70. The van der Waals surface area contributed by atoms with Gasteiger partial charge in [0.05, 0.1) is 6.54 Å². The molecule has 1 aliphatic heterocycles. The smallest absolute Gasteiger partial charge is 0.237 e. The molecule has 0 aromatic heterocycles. The highest BCUT2D eigenvalue weighted by molar-refractivity contribution is 5.79. The summed E-state index contributed by atoms with van der Waals surface area (Å²) in [7, 11) is 2.03. The number of amides is 1. The number of rotatable bonds is 5. The van der Waals surface area contributed by atoms with Crippen molar-refractivity contribution in [3.8, 4) is 0 Å². The zero-order valence-corrected chi connectivity index (χ0v) is 12.8. The van der Waals surface area contributed by atoms with Crippen LogP contribution in [-0.2, 0) is 4.79 Å². The number of piperidine rings is 1. The predicted molar refractivity (Wildman–Crippen MR) is 80.6 cm³/mol. The van der Waals surface area contributed by atoms with Gasteiger partial charge in [-0.3, -0.25) is 9.69 Å². The third-order valence-electron chi connectivity index (χ3n) is 5.22. The van der Waals surface area contributed by atoms with Crippen LogP contribution in [0.1, 0.15) is 51.4 Å². The van der Waals surface area contributed by atoms with E-state index in [9.17, 15) is 4.79 Å². The number of carbonyl (C=O) groups is 1. The Morgan fingerprint density at radius 2 is 1.80 bits per heavy atom. The summed E-state index contributed by atoms with van der Waals surface area (Å²) in [6.07, 6.45) is 10.0. The van der Waals surface area contributed by atoms with Crippen molar-refractivity contribution in [3.05, 3.63) is 0 Å². The van der Waals surface area contributed by atoms with Crippen LogP contribution in [0.5, 0.6) is 0 Å². The van der Waals surface area contributed by atoms with Crippen LogP contribution < -0.4 is 5.32 Å². The van der Waals surface area contributed by atoms with E-state index >= 15 is 0 Å². The number of nitrogens with zero attached hydrogens (tertiary/aromatic N) is 2. The monoisotopic (exact) mass is 279 g/mol. The number of nitrogens with one attached hydrogen (secondary N) is 1. The van der Waals surface area contributed by atoms with Crippen LogP contribution in [0, 0.1) is 0 Å². The quantitative estimate of drug-likeness (QED) is 0.830. The Labute approximate surface area is 122 Å². The molecule has 4 heteroatoms. The van der Waals surface area contributed by atoms with E-state index in [0.29, 0.717) is 30.6 Å². The number of hydrogen-bond donors (Lipinski definition) is 1. The third kappa shape index (κ3) is 3.34. The normalized spacial score (nSPS) is 28.8. The Bertz CT molecular complexity index is 337. The van der Waals surface area contributed by atoms with Gasteiger partial charge in [-0.1, -0.05) is 12.8 Å². The zero-order valence-electron chi connectivity index (χ0n) is 12.8. The standard InChI is InChI=1S/C16H29N3O/c1-17-13-5-4-10-18(11-13)12-16(20)19(15-8-9-15)14-6-2-3-7-14/h13-15,17H,2-12H2,1H3. The molecular weight excluding hydrogens is 250 g/mol. The van der Waals surface area contributed by atoms with Gasteiger partial charge in [0.1, 0.15) is 0 Å².